The number of aliphatic imine (C=N–C) groups is 1. The average molecular weight is 355 g/mol. The van der Waals surface area contributed by atoms with Gasteiger partial charge >= 0.3 is 6.61 Å². The fourth-order valence-electron chi connectivity index (χ4n) is 3.03. The monoisotopic (exact) mass is 355 g/mol. The molecule has 0 spiro atoms. The third-order valence-corrected chi connectivity index (χ3v) is 4.92. The van der Waals surface area contributed by atoms with Crippen molar-refractivity contribution in [2.45, 2.75) is 45.8 Å². The van der Waals surface area contributed by atoms with E-state index in [-0.39, 0.29) is 11.5 Å². The van der Waals surface area contributed by atoms with Gasteiger partial charge in [-0.1, -0.05) is 19.4 Å². The molecular weight excluding hydrogens is 328 g/mol. The van der Waals surface area contributed by atoms with Crippen LogP contribution < -0.4 is 20.1 Å². The molecule has 1 aromatic rings. The molecule has 2 N–H and O–H groups in total. The number of alkyl halides is 2. The Kier molecular flexibility index (Phi) is 6.84. The molecule has 1 aromatic carbocycles. The highest BCUT2D eigenvalue weighted by Crippen LogP contribution is 2.43. The van der Waals surface area contributed by atoms with Gasteiger partial charge in [-0.2, -0.15) is 8.78 Å². The lowest BCUT2D eigenvalue weighted by molar-refractivity contribution is -0.0512. The summed E-state index contributed by atoms with van der Waals surface area (Å²) in [6.07, 6.45) is 4.95. The first-order chi connectivity index (χ1) is 12.0. The second-order valence-corrected chi connectivity index (χ2v) is 6.35. The van der Waals surface area contributed by atoms with Gasteiger partial charge in [0.15, 0.2) is 17.5 Å². The van der Waals surface area contributed by atoms with Crippen LogP contribution in [0.5, 0.6) is 11.5 Å². The van der Waals surface area contributed by atoms with Gasteiger partial charge in [-0.05, 0) is 42.4 Å². The number of hydrogen-bond donors (Lipinski definition) is 2. The van der Waals surface area contributed by atoms with Crippen LogP contribution in [0.25, 0.3) is 0 Å². The number of rotatable bonds is 8. The minimum absolute atomic E-state index is 0.0270. The van der Waals surface area contributed by atoms with Gasteiger partial charge in [0.2, 0.25) is 0 Å². The zero-order chi connectivity index (χ0) is 18.3. The topological polar surface area (TPSA) is 54.9 Å². The smallest absolute Gasteiger partial charge is 0.387 e. The Morgan fingerprint density at radius 3 is 2.56 bits per heavy atom. The molecule has 1 aliphatic rings. The van der Waals surface area contributed by atoms with E-state index in [0.717, 1.165) is 18.5 Å². The Morgan fingerprint density at radius 1 is 1.28 bits per heavy atom. The molecule has 2 rings (SSSR count). The predicted octanol–water partition coefficient (Wildman–Crippen LogP) is 3.54. The van der Waals surface area contributed by atoms with Gasteiger partial charge in [0.25, 0.3) is 0 Å². The molecule has 7 heteroatoms. The van der Waals surface area contributed by atoms with Crippen LogP contribution in [-0.4, -0.2) is 33.3 Å². The lowest BCUT2D eigenvalue weighted by Gasteiger charge is -2.41. The van der Waals surface area contributed by atoms with Crippen molar-refractivity contribution in [2.24, 2.45) is 10.4 Å². The lowest BCUT2D eigenvalue weighted by atomic mass is 9.67. The molecule has 0 aromatic heterocycles. The maximum atomic E-state index is 12.5. The molecule has 1 aliphatic carbocycles. The average Bonchev–Trinajstić information content (AvgIpc) is 2.56. The van der Waals surface area contributed by atoms with Crippen molar-refractivity contribution in [3.63, 3.8) is 0 Å². The predicted molar refractivity (Wildman–Crippen MR) is 94.4 cm³/mol. The lowest BCUT2D eigenvalue weighted by Crippen LogP contribution is -2.46. The highest BCUT2D eigenvalue weighted by Gasteiger charge is 2.34. The fourth-order valence-corrected chi connectivity index (χ4v) is 3.03. The van der Waals surface area contributed by atoms with Crippen LogP contribution in [0.4, 0.5) is 8.78 Å². The van der Waals surface area contributed by atoms with Gasteiger partial charge in [0.05, 0.1) is 7.11 Å². The zero-order valence-electron chi connectivity index (χ0n) is 15.1. The van der Waals surface area contributed by atoms with E-state index in [1.807, 2.05) is 0 Å². The van der Waals surface area contributed by atoms with Crippen LogP contribution in [0.15, 0.2) is 23.2 Å². The number of guanidine groups is 1. The molecule has 0 unspecified atom stereocenters. The quantitative estimate of drug-likeness (QED) is 0.553. The summed E-state index contributed by atoms with van der Waals surface area (Å²) < 4.78 is 34.5. The second kappa shape index (κ2) is 8.87. The SMILES string of the molecule is CCC1(CNC(=NC)NCc2ccc(OC)c(OC(F)F)c2)CCC1. The van der Waals surface area contributed by atoms with Crippen molar-refractivity contribution in [2.75, 3.05) is 20.7 Å². The molecule has 1 fully saturated rings. The van der Waals surface area contributed by atoms with Crippen LogP contribution in [0.2, 0.25) is 0 Å². The number of methoxy groups -OCH3 is 1. The molecule has 0 atom stereocenters. The van der Waals surface area contributed by atoms with Crippen LogP contribution in [0.1, 0.15) is 38.2 Å². The molecule has 0 radical (unpaired) electrons. The van der Waals surface area contributed by atoms with E-state index in [4.69, 9.17) is 4.74 Å². The maximum Gasteiger partial charge on any atom is 0.387 e. The first-order valence-electron chi connectivity index (χ1n) is 8.58. The summed E-state index contributed by atoms with van der Waals surface area (Å²) in [5.74, 6) is 1.01. The van der Waals surface area contributed by atoms with Crippen molar-refractivity contribution in [1.29, 1.82) is 0 Å². The summed E-state index contributed by atoms with van der Waals surface area (Å²) in [6.45, 7) is 0.673. The third-order valence-electron chi connectivity index (χ3n) is 4.92. The van der Waals surface area contributed by atoms with E-state index in [1.54, 1.807) is 25.2 Å². The van der Waals surface area contributed by atoms with Gasteiger partial charge in [0.1, 0.15) is 0 Å². The van der Waals surface area contributed by atoms with E-state index >= 15 is 0 Å². The number of halogens is 2. The molecule has 0 saturated heterocycles. The Balaban J connectivity index is 1.92. The van der Waals surface area contributed by atoms with Gasteiger partial charge in [-0.15, -0.1) is 0 Å². The standard InChI is InChI=1S/C18H27F2N3O2/c1-4-18(8-5-9-18)12-23-17(21-2)22-11-13-6-7-14(24-3)15(10-13)25-16(19)20/h6-7,10,16H,4-5,8-9,11-12H2,1-3H3,(H2,21,22,23). The van der Waals surface area contributed by atoms with Gasteiger partial charge in [0, 0.05) is 20.1 Å². The minimum Gasteiger partial charge on any atom is -0.493 e. The van der Waals surface area contributed by atoms with Crippen molar-refractivity contribution in [3.05, 3.63) is 23.8 Å². The molecule has 0 heterocycles. The second-order valence-electron chi connectivity index (χ2n) is 6.35. The molecule has 1 saturated carbocycles. The molecule has 25 heavy (non-hydrogen) atoms. The zero-order valence-corrected chi connectivity index (χ0v) is 15.1. The maximum absolute atomic E-state index is 12.5. The number of benzene rings is 1. The molecule has 5 nitrogen and oxygen atoms in total. The first-order valence-corrected chi connectivity index (χ1v) is 8.58. The van der Waals surface area contributed by atoms with E-state index in [0.29, 0.717) is 17.9 Å². The van der Waals surface area contributed by atoms with E-state index in [1.165, 1.54) is 26.4 Å². The Labute approximate surface area is 147 Å². The highest BCUT2D eigenvalue weighted by molar-refractivity contribution is 5.79. The van der Waals surface area contributed by atoms with Crippen LogP contribution >= 0.6 is 0 Å². The number of nitrogens with one attached hydrogen (secondary N) is 2. The van der Waals surface area contributed by atoms with Crippen molar-refractivity contribution >= 4 is 5.96 Å². The molecular formula is C18H27F2N3O2. The molecule has 140 valence electrons. The van der Waals surface area contributed by atoms with Gasteiger partial charge in [-0.3, -0.25) is 4.99 Å². The van der Waals surface area contributed by atoms with Crippen LogP contribution in [-0.2, 0) is 6.54 Å². The number of ether oxygens (including phenoxy) is 2. The van der Waals surface area contributed by atoms with Gasteiger partial charge in [-0.25, -0.2) is 0 Å². The highest BCUT2D eigenvalue weighted by atomic mass is 19.3. The van der Waals surface area contributed by atoms with E-state index in [2.05, 4.69) is 27.3 Å². The third kappa shape index (κ3) is 5.21. The normalized spacial score (nSPS) is 16.3. The summed E-state index contributed by atoms with van der Waals surface area (Å²) in [5, 5.41) is 6.57. The van der Waals surface area contributed by atoms with Crippen LogP contribution in [0.3, 0.4) is 0 Å². The summed E-state index contributed by atoms with van der Waals surface area (Å²) >= 11 is 0. The molecule has 0 bridgehead atoms. The first kappa shape index (κ1) is 19.3. The number of nitrogens with zero attached hydrogens (tertiary/aromatic N) is 1. The summed E-state index contributed by atoms with van der Waals surface area (Å²) in [4.78, 5) is 4.22. The Bertz CT molecular complexity index is 584. The Hall–Kier alpha value is -2.05. The van der Waals surface area contributed by atoms with Gasteiger partial charge < -0.3 is 20.1 Å². The van der Waals surface area contributed by atoms with E-state index < -0.39 is 6.61 Å². The van der Waals surface area contributed by atoms with Crippen molar-refractivity contribution in [3.8, 4) is 11.5 Å². The summed E-state index contributed by atoms with van der Waals surface area (Å²) in [7, 11) is 3.13. The molecule has 0 aliphatic heterocycles. The summed E-state index contributed by atoms with van der Waals surface area (Å²) in [6, 6.07) is 4.97. The van der Waals surface area contributed by atoms with Crippen molar-refractivity contribution in [1.82, 2.24) is 10.6 Å². The number of hydrogen-bond acceptors (Lipinski definition) is 3. The Morgan fingerprint density at radius 2 is 2.04 bits per heavy atom. The van der Waals surface area contributed by atoms with E-state index in [9.17, 15) is 8.78 Å². The molecule has 0 amide bonds. The fraction of sp³-hybridized carbons (Fsp3) is 0.611. The summed E-state index contributed by atoms with van der Waals surface area (Å²) in [5.41, 5.74) is 1.18. The van der Waals surface area contributed by atoms with Crippen molar-refractivity contribution < 1.29 is 18.3 Å². The minimum atomic E-state index is -2.89. The van der Waals surface area contributed by atoms with Crippen LogP contribution in [0, 0.1) is 5.41 Å². The largest absolute Gasteiger partial charge is 0.493 e.